The molecule has 2 fully saturated rings. The number of hydrogen-bond acceptors (Lipinski definition) is 6. The number of amides is 2. The van der Waals surface area contributed by atoms with Crippen molar-refractivity contribution in [3.05, 3.63) is 24.0 Å². The lowest BCUT2D eigenvalue weighted by Gasteiger charge is -2.38. The highest BCUT2D eigenvalue weighted by Gasteiger charge is 2.34. The SMILES string of the molecule is Cl.O=C(O)CC1(O)CCN(c2ccc(NC3CCC(=O)NC3=O)c(F)c2)CC1. The van der Waals surface area contributed by atoms with Crippen molar-refractivity contribution in [3.63, 3.8) is 0 Å². The number of anilines is 2. The van der Waals surface area contributed by atoms with Gasteiger partial charge in [0.05, 0.1) is 17.7 Å². The molecular weight excluding hydrogens is 393 g/mol. The lowest BCUT2D eigenvalue weighted by Crippen LogP contribution is -2.47. The van der Waals surface area contributed by atoms with Gasteiger partial charge in [0.2, 0.25) is 11.8 Å². The van der Waals surface area contributed by atoms with Gasteiger partial charge in [-0.25, -0.2) is 4.39 Å². The molecule has 2 saturated heterocycles. The number of nitrogens with one attached hydrogen (secondary N) is 2. The van der Waals surface area contributed by atoms with E-state index in [2.05, 4.69) is 10.6 Å². The Morgan fingerprint density at radius 3 is 2.57 bits per heavy atom. The van der Waals surface area contributed by atoms with E-state index in [9.17, 15) is 23.9 Å². The van der Waals surface area contributed by atoms with Crippen molar-refractivity contribution in [2.24, 2.45) is 0 Å². The van der Waals surface area contributed by atoms with Gasteiger partial charge in [-0.05, 0) is 37.5 Å². The predicted molar refractivity (Wildman–Crippen MR) is 102 cm³/mol. The standard InChI is InChI=1S/C18H22FN3O5.ClH/c19-12-9-11(22-7-5-18(27,6-8-22)10-16(24)25)1-2-13(12)20-14-3-4-15(23)21-17(14)26;/h1-2,9,14,20,27H,3-8,10H2,(H,24,25)(H,21,23,26);1H. The second-order valence-electron chi connectivity index (χ2n) is 7.09. The second-order valence-corrected chi connectivity index (χ2v) is 7.09. The third kappa shape index (κ3) is 5.11. The van der Waals surface area contributed by atoms with Crippen LogP contribution in [0.1, 0.15) is 32.1 Å². The molecule has 2 aliphatic heterocycles. The van der Waals surface area contributed by atoms with Crippen LogP contribution in [0.25, 0.3) is 0 Å². The number of rotatable bonds is 5. The number of hydrogen-bond donors (Lipinski definition) is 4. The highest BCUT2D eigenvalue weighted by atomic mass is 35.5. The van der Waals surface area contributed by atoms with Gasteiger partial charge in [0.1, 0.15) is 11.9 Å². The third-order valence-electron chi connectivity index (χ3n) is 5.06. The maximum atomic E-state index is 14.5. The fraction of sp³-hybridized carbons (Fsp3) is 0.500. The van der Waals surface area contributed by atoms with E-state index in [1.54, 1.807) is 6.07 Å². The summed E-state index contributed by atoms with van der Waals surface area (Å²) in [4.78, 5) is 35.7. The Bertz CT molecular complexity index is 768. The van der Waals surface area contributed by atoms with Crippen LogP contribution >= 0.6 is 12.4 Å². The lowest BCUT2D eigenvalue weighted by molar-refractivity contribution is -0.143. The minimum atomic E-state index is -1.23. The van der Waals surface area contributed by atoms with Crippen LogP contribution in [0.3, 0.4) is 0 Å². The van der Waals surface area contributed by atoms with E-state index in [1.807, 2.05) is 4.90 Å². The molecule has 3 rings (SSSR count). The number of carbonyl (C=O) groups is 3. The zero-order valence-corrected chi connectivity index (χ0v) is 15.9. The molecule has 1 atom stereocenters. The minimum absolute atomic E-state index is 0. The monoisotopic (exact) mass is 415 g/mol. The maximum absolute atomic E-state index is 14.5. The number of nitrogens with zero attached hydrogens (tertiary/aromatic N) is 1. The van der Waals surface area contributed by atoms with Gasteiger partial charge < -0.3 is 20.4 Å². The van der Waals surface area contributed by atoms with E-state index in [0.717, 1.165) is 0 Å². The predicted octanol–water partition coefficient (Wildman–Crippen LogP) is 1.27. The van der Waals surface area contributed by atoms with Crippen LogP contribution in [-0.4, -0.2) is 52.7 Å². The average Bonchev–Trinajstić information content (AvgIpc) is 2.58. The average molecular weight is 416 g/mol. The van der Waals surface area contributed by atoms with Gasteiger partial charge in [0.15, 0.2) is 0 Å². The molecule has 2 amide bonds. The molecular formula is C18H23ClFN3O5. The molecule has 0 aromatic heterocycles. The normalized spacial score (nSPS) is 21.5. The third-order valence-corrected chi connectivity index (χ3v) is 5.06. The van der Waals surface area contributed by atoms with Crippen molar-refractivity contribution in [1.82, 2.24) is 5.32 Å². The van der Waals surface area contributed by atoms with Crippen LogP contribution in [0.2, 0.25) is 0 Å². The number of imide groups is 1. The Hall–Kier alpha value is -2.39. The van der Waals surface area contributed by atoms with Gasteiger partial charge in [-0.15, -0.1) is 12.4 Å². The summed E-state index contributed by atoms with van der Waals surface area (Å²) in [6, 6.07) is 3.92. The fourth-order valence-electron chi connectivity index (χ4n) is 3.48. The zero-order chi connectivity index (χ0) is 19.6. The first-order chi connectivity index (χ1) is 12.8. The Kier molecular flexibility index (Phi) is 6.84. The molecule has 1 aromatic carbocycles. The number of aliphatic carboxylic acids is 1. The molecule has 0 bridgehead atoms. The Morgan fingerprint density at radius 1 is 1.32 bits per heavy atom. The first-order valence-corrected chi connectivity index (χ1v) is 8.85. The van der Waals surface area contributed by atoms with Gasteiger partial charge in [0, 0.05) is 25.2 Å². The molecule has 0 spiro atoms. The number of carboxylic acids is 1. The zero-order valence-electron chi connectivity index (χ0n) is 15.1. The van der Waals surface area contributed by atoms with E-state index in [0.29, 0.717) is 25.2 Å². The van der Waals surface area contributed by atoms with E-state index >= 15 is 0 Å². The number of benzene rings is 1. The van der Waals surface area contributed by atoms with Crippen molar-refractivity contribution in [2.45, 2.75) is 43.7 Å². The lowest BCUT2D eigenvalue weighted by atomic mass is 9.88. The van der Waals surface area contributed by atoms with Gasteiger partial charge in [-0.1, -0.05) is 0 Å². The molecule has 28 heavy (non-hydrogen) atoms. The van der Waals surface area contributed by atoms with Crippen LogP contribution in [0.15, 0.2) is 18.2 Å². The van der Waals surface area contributed by atoms with Crippen molar-refractivity contribution in [2.75, 3.05) is 23.3 Å². The summed E-state index contributed by atoms with van der Waals surface area (Å²) in [5.41, 5.74) is -0.430. The molecule has 10 heteroatoms. The number of carbonyl (C=O) groups excluding carboxylic acids is 2. The molecule has 0 radical (unpaired) electrons. The molecule has 1 aromatic rings. The number of aliphatic hydroxyl groups is 1. The summed E-state index contributed by atoms with van der Waals surface area (Å²) in [6.07, 6.45) is 0.786. The molecule has 0 aliphatic carbocycles. The smallest absolute Gasteiger partial charge is 0.306 e. The summed E-state index contributed by atoms with van der Waals surface area (Å²) >= 11 is 0. The Labute approximate surface area is 167 Å². The molecule has 8 nitrogen and oxygen atoms in total. The van der Waals surface area contributed by atoms with E-state index in [-0.39, 0.29) is 49.7 Å². The van der Waals surface area contributed by atoms with Crippen molar-refractivity contribution >= 4 is 41.6 Å². The molecule has 4 N–H and O–H groups in total. The summed E-state index contributed by atoms with van der Waals surface area (Å²) < 4.78 is 14.5. The van der Waals surface area contributed by atoms with Crippen LogP contribution in [0, 0.1) is 5.82 Å². The van der Waals surface area contributed by atoms with Gasteiger partial charge in [0.25, 0.3) is 0 Å². The van der Waals surface area contributed by atoms with Crippen LogP contribution in [0.4, 0.5) is 15.8 Å². The van der Waals surface area contributed by atoms with Gasteiger partial charge in [-0.2, -0.15) is 0 Å². The molecule has 0 saturated carbocycles. The van der Waals surface area contributed by atoms with Crippen LogP contribution in [0.5, 0.6) is 0 Å². The number of carboxylic acid groups (broad SMARTS) is 1. The van der Waals surface area contributed by atoms with E-state index in [4.69, 9.17) is 5.11 Å². The largest absolute Gasteiger partial charge is 0.481 e. The molecule has 2 heterocycles. The first kappa shape index (κ1) is 21.9. The highest BCUT2D eigenvalue weighted by Crippen LogP contribution is 2.30. The fourth-order valence-corrected chi connectivity index (χ4v) is 3.48. The van der Waals surface area contributed by atoms with Gasteiger partial charge >= 0.3 is 5.97 Å². The summed E-state index contributed by atoms with van der Waals surface area (Å²) in [7, 11) is 0. The first-order valence-electron chi connectivity index (χ1n) is 8.85. The quantitative estimate of drug-likeness (QED) is 0.535. The number of piperidine rings is 2. The summed E-state index contributed by atoms with van der Waals surface area (Å²) in [5.74, 6) is -2.37. The topological polar surface area (TPSA) is 119 Å². The second kappa shape index (κ2) is 8.74. The van der Waals surface area contributed by atoms with Gasteiger partial charge in [-0.3, -0.25) is 19.7 Å². The minimum Gasteiger partial charge on any atom is -0.481 e. The highest BCUT2D eigenvalue weighted by molar-refractivity contribution is 6.01. The van der Waals surface area contributed by atoms with Crippen molar-refractivity contribution in [3.8, 4) is 0 Å². The number of halogens is 2. The van der Waals surface area contributed by atoms with E-state index in [1.165, 1.54) is 12.1 Å². The molecule has 154 valence electrons. The Balaban J connectivity index is 0.00000280. The summed E-state index contributed by atoms with van der Waals surface area (Å²) in [5, 5.41) is 24.2. The van der Waals surface area contributed by atoms with Crippen LogP contribution in [-0.2, 0) is 14.4 Å². The summed E-state index contributed by atoms with van der Waals surface area (Å²) in [6.45, 7) is 0.840. The van der Waals surface area contributed by atoms with E-state index < -0.39 is 29.3 Å². The van der Waals surface area contributed by atoms with Crippen LogP contribution < -0.4 is 15.5 Å². The maximum Gasteiger partial charge on any atom is 0.306 e. The molecule has 2 aliphatic rings. The Morgan fingerprint density at radius 2 is 2.00 bits per heavy atom. The molecule has 1 unspecified atom stereocenters. The van der Waals surface area contributed by atoms with Crippen molar-refractivity contribution < 1.29 is 29.0 Å². The van der Waals surface area contributed by atoms with Crippen molar-refractivity contribution in [1.29, 1.82) is 0 Å².